The largest absolute Gasteiger partial charge is 0.390 e. The van der Waals surface area contributed by atoms with E-state index in [1.165, 1.54) is 6.33 Å². The third-order valence-electron chi connectivity index (χ3n) is 3.68. The minimum absolute atomic E-state index is 0.0310. The molecule has 1 fully saturated rings. The van der Waals surface area contributed by atoms with Crippen LogP contribution in [0.5, 0.6) is 0 Å². The molecular weight excluding hydrogens is 234 g/mol. The van der Waals surface area contributed by atoms with Crippen molar-refractivity contribution in [2.45, 2.75) is 31.6 Å². The topological polar surface area (TPSA) is 110 Å². The molecule has 0 aromatic carbocycles. The first-order chi connectivity index (χ1) is 8.59. The number of hydrogen-bond acceptors (Lipinski definition) is 6. The van der Waals surface area contributed by atoms with Crippen LogP contribution in [0.15, 0.2) is 12.5 Å². The maximum absolute atomic E-state index is 10.0. The molecule has 96 valence electrons. The molecular formula is C11H15N5O2. The normalized spacial score (nSPS) is 32.2. The molecule has 4 unspecified atom stereocenters. The zero-order valence-electron chi connectivity index (χ0n) is 9.93. The second-order valence-corrected chi connectivity index (χ2v) is 4.85. The summed E-state index contributed by atoms with van der Waals surface area (Å²) in [6.45, 7) is 1.91. The number of aliphatic hydroxyl groups is 2. The summed E-state index contributed by atoms with van der Waals surface area (Å²) in [7, 11) is 0. The van der Waals surface area contributed by atoms with Crippen LogP contribution in [0.2, 0.25) is 0 Å². The molecule has 2 heterocycles. The number of nitrogens with zero attached hydrogens (tertiary/aromatic N) is 4. The van der Waals surface area contributed by atoms with Gasteiger partial charge in [0.2, 0.25) is 0 Å². The molecule has 3 rings (SSSR count). The number of rotatable bonds is 1. The van der Waals surface area contributed by atoms with Crippen LogP contribution >= 0.6 is 0 Å². The van der Waals surface area contributed by atoms with Crippen LogP contribution in [0.3, 0.4) is 0 Å². The van der Waals surface area contributed by atoms with E-state index in [0.717, 1.165) is 0 Å². The van der Waals surface area contributed by atoms with Crippen LogP contribution in [0.4, 0.5) is 5.82 Å². The van der Waals surface area contributed by atoms with Crippen molar-refractivity contribution in [2.75, 3.05) is 5.73 Å². The molecule has 4 N–H and O–H groups in total. The number of fused-ring (bicyclic) bond motifs is 1. The summed E-state index contributed by atoms with van der Waals surface area (Å²) in [5.41, 5.74) is 6.33. The Hall–Kier alpha value is -1.73. The first kappa shape index (κ1) is 11.4. The van der Waals surface area contributed by atoms with Gasteiger partial charge in [-0.15, -0.1) is 0 Å². The molecule has 7 heteroatoms. The lowest BCUT2D eigenvalue weighted by Crippen LogP contribution is -2.29. The maximum atomic E-state index is 10.0. The van der Waals surface area contributed by atoms with Gasteiger partial charge in [-0.1, -0.05) is 6.92 Å². The van der Waals surface area contributed by atoms with Gasteiger partial charge in [0.25, 0.3) is 0 Å². The first-order valence-electron chi connectivity index (χ1n) is 5.89. The molecule has 0 amide bonds. The van der Waals surface area contributed by atoms with Gasteiger partial charge in [0, 0.05) is 0 Å². The van der Waals surface area contributed by atoms with Gasteiger partial charge in [-0.2, -0.15) is 5.10 Å². The van der Waals surface area contributed by atoms with Crippen molar-refractivity contribution in [2.24, 2.45) is 5.92 Å². The number of hydrogen-bond donors (Lipinski definition) is 3. The monoisotopic (exact) mass is 249 g/mol. The Morgan fingerprint density at radius 3 is 2.78 bits per heavy atom. The van der Waals surface area contributed by atoms with Crippen LogP contribution in [-0.4, -0.2) is 42.2 Å². The molecule has 7 nitrogen and oxygen atoms in total. The summed E-state index contributed by atoms with van der Waals surface area (Å²) in [6, 6.07) is -0.276. The van der Waals surface area contributed by atoms with Gasteiger partial charge in [-0.3, -0.25) is 0 Å². The number of aliphatic hydroxyl groups excluding tert-OH is 2. The van der Waals surface area contributed by atoms with Gasteiger partial charge >= 0.3 is 0 Å². The number of nitrogen functional groups attached to an aromatic ring is 1. The van der Waals surface area contributed by atoms with E-state index in [-0.39, 0.29) is 12.0 Å². The Balaban J connectivity index is 2.08. The van der Waals surface area contributed by atoms with E-state index in [9.17, 15) is 10.2 Å². The Morgan fingerprint density at radius 2 is 2.11 bits per heavy atom. The fraction of sp³-hybridized carbons (Fsp3) is 0.545. The standard InChI is InChI=1S/C11H15N5O2/c1-5-2-7(9(18)8(5)17)16-11-6(3-15-16)10(12)13-4-14-11/h3-5,7-9,17-18H,2H2,1H3,(H2,12,13,14). The van der Waals surface area contributed by atoms with Crippen LogP contribution in [0, 0.1) is 5.92 Å². The molecule has 1 saturated carbocycles. The summed E-state index contributed by atoms with van der Waals surface area (Å²) in [4.78, 5) is 8.05. The molecule has 4 atom stereocenters. The molecule has 1 aliphatic rings. The fourth-order valence-corrected chi connectivity index (χ4v) is 2.59. The molecule has 0 aliphatic heterocycles. The molecule has 0 saturated heterocycles. The Morgan fingerprint density at radius 1 is 1.33 bits per heavy atom. The van der Waals surface area contributed by atoms with Crippen molar-refractivity contribution in [1.82, 2.24) is 19.7 Å². The van der Waals surface area contributed by atoms with E-state index < -0.39 is 12.2 Å². The lowest BCUT2D eigenvalue weighted by atomic mass is 10.1. The SMILES string of the molecule is CC1CC(n2ncc3c(N)ncnc32)C(O)C1O. The van der Waals surface area contributed by atoms with Gasteiger partial charge < -0.3 is 15.9 Å². The van der Waals surface area contributed by atoms with Gasteiger partial charge in [0.1, 0.15) is 18.2 Å². The number of aromatic nitrogens is 4. The van der Waals surface area contributed by atoms with Gasteiger partial charge in [-0.05, 0) is 12.3 Å². The quantitative estimate of drug-likeness (QED) is 0.640. The third kappa shape index (κ3) is 1.48. The van der Waals surface area contributed by atoms with Crippen molar-refractivity contribution in [3.63, 3.8) is 0 Å². The highest BCUT2D eigenvalue weighted by Gasteiger charge is 2.41. The van der Waals surface area contributed by atoms with Crippen molar-refractivity contribution in [1.29, 1.82) is 0 Å². The summed E-state index contributed by atoms with van der Waals surface area (Å²) in [5, 5.41) is 24.7. The van der Waals surface area contributed by atoms with E-state index in [4.69, 9.17) is 5.73 Å². The smallest absolute Gasteiger partial charge is 0.163 e. The Bertz CT molecular complexity index is 584. The van der Waals surface area contributed by atoms with Gasteiger partial charge in [0.15, 0.2) is 5.65 Å². The fourth-order valence-electron chi connectivity index (χ4n) is 2.59. The Labute approximate surface area is 103 Å². The second-order valence-electron chi connectivity index (χ2n) is 4.85. The van der Waals surface area contributed by atoms with Crippen LogP contribution < -0.4 is 5.73 Å². The van der Waals surface area contributed by atoms with E-state index in [1.807, 2.05) is 6.92 Å². The van der Waals surface area contributed by atoms with Crippen LogP contribution in [0.25, 0.3) is 11.0 Å². The zero-order chi connectivity index (χ0) is 12.9. The first-order valence-corrected chi connectivity index (χ1v) is 5.89. The van der Waals surface area contributed by atoms with E-state index in [2.05, 4.69) is 15.1 Å². The summed E-state index contributed by atoms with van der Waals surface area (Å²) in [6.07, 6.45) is 2.06. The summed E-state index contributed by atoms with van der Waals surface area (Å²) in [5.74, 6) is 0.399. The number of nitrogens with two attached hydrogens (primary N) is 1. The molecule has 0 bridgehead atoms. The van der Waals surface area contributed by atoms with Crippen molar-refractivity contribution >= 4 is 16.9 Å². The van der Waals surface area contributed by atoms with E-state index >= 15 is 0 Å². The summed E-state index contributed by atoms with van der Waals surface area (Å²) < 4.78 is 1.63. The highest BCUT2D eigenvalue weighted by atomic mass is 16.3. The van der Waals surface area contributed by atoms with E-state index in [1.54, 1.807) is 10.9 Å². The maximum Gasteiger partial charge on any atom is 0.163 e. The van der Waals surface area contributed by atoms with Crippen LogP contribution in [-0.2, 0) is 0 Å². The highest BCUT2D eigenvalue weighted by Crippen LogP contribution is 2.36. The molecule has 18 heavy (non-hydrogen) atoms. The molecule has 1 aliphatic carbocycles. The van der Waals surface area contributed by atoms with Crippen molar-refractivity contribution in [3.8, 4) is 0 Å². The van der Waals surface area contributed by atoms with Crippen molar-refractivity contribution in [3.05, 3.63) is 12.5 Å². The van der Waals surface area contributed by atoms with Crippen LogP contribution in [0.1, 0.15) is 19.4 Å². The minimum atomic E-state index is -0.834. The molecule has 0 radical (unpaired) electrons. The summed E-state index contributed by atoms with van der Waals surface area (Å²) >= 11 is 0. The predicted molar refractivity (Wildman–Crippen MR) is 64.6 cm³/mol. The lowest BCUT2D eigenvalue weighted by Gasteiger charge is -2.17. The Kier molecular flexibility index (Phi) is 2.46. The predicted octanol–water partition coefficient (Wildman–Crippen LogP) is -0.289. The zero-order valence-corrected chi connectivity index (χ0v) is 9.93. The van der Waals surface area contributed by atoms with Gasteiger partial charge in [0.05, 0.1) is 23.7 Å². The number of anilines is 1. The second kappa shape index (κ2) is 3.89. The average Bonchev–Trinajstić information content (AvgIpc) is 2.88. The minimum Gasteiger partial charge on any atom is -0.390 e. The molecule has 2 aromatic heterocycles. The molecule has 2 aromatic rings. The average molecular weight is 249 g/mol. The lowest BCUT2D eigenvalue weighted by molar-refractivity contribution is 0.00795. The van der Waals surface area contributed by atoms with Gasteiger partial charge in [-0.25, -0.2) is 14.6 Å². The molecule has 0 spiro atoms. The highest BCUT2D eigenvalue weighted by molar-refractivity contribution is 5.84. The van der Waals surface area contributed by atoms with Crippen molar-refractivity contribution < 1.29 is 10.2 Å². The van der Waals surface area contributed by atoms with E-state index in [0.29, 0.717) is 23.3 Å². The third-order valence-corrected chi connectivity index (χ3v) is 3.68.